The second kappa shape index (κ2) is 12.1. The molecule has 0 amide bonds. The van der Waals surface area contributed by atoms with Crippen molar-refractivity contribution in [2.75, 3.05) is 6.61 Å². The van der Waals surface area contributed by atoms with Crippen LogP contribution < -0.4 is 0 Å². The molecule has 4 nitrogen and oxygen atoms in total. The van der Waals surface area contributed by atoms with Gasteiger partial charge in [-0.2, -0.15) is 0 Å². The van der Waals surface area contributed by atoms with Crippen molar-refractivity contribution in [1.29, 1.82) is 0 Å². The summed E-state index contributed by atoms with van der Waals surface area (Å²) in [5.41, 5.74) is 0.878. The van der Waals surface area contributed by atoms with Crippen LogP contribution in [-0.4, -0.2) is 24.6 Å². The Bertz CT molecular complexity index is 845. The summed E-state index contributed by atoms with van der Waals surface area (Å²) < 4.78 is 11.5. The Morgan fingerprint density at radius 3 is 1.71 bits per heavy atom. The molecule has 2 atom stereocenters. The zero-order valence-corrected chi connectivity index (χ0v) is 20.0. The number of carbonyl (C=O) groups is 2. The van der Waals surface area contributed by atoms with Crippen molar-refractivity contribution in [3.63, 3.8) is 0 Å². The van der Waals surface area contributed by atoms with E-state index in [-0.39, 0.29) is 24.5 Å². The van der Waals surface area contributed by atoms with Crippen LogP contribution in [0.15, 0.2) is 48.5 Å². The van der Waals surface area contributed by atoms with Gasteiger partial charge < -0.3 is 9.47 Å². The van der Waals surface area contributed by atoms with Gasteiger partial charge in [0, 0.05) is 16.0 Å². The van der Waals surface area contributed by atoms with E-state index in [9.17, 15) is 9.59 Å². The third kappa shape index (κ3) is 8.19. The first-order valence-corrected chi connectivity index (χ1v) is 11.3. The molecule has 0 saturated heterocycles. The predicted octanol–water partition coefficient (Wildman–Crippen LogP) is 7.08. The molecule has 2 unspecified atom stereocenters. The maximum absolute atomic E-state index is 12.7. The van der Waals surface area contributed by atoms with Gasteiger partial charge in [-0.15, -0.1) is 0 Å². The number of rotatable bonds is 10. The number of esters is 2. The summed E-state index contributed by atoms with van der Waals surface area (Å²) in [5, 5.41) is 1.11. The lowest BCUT2D eigenvalue weighted by molar-refractivity contribution is -0.0192. The highest BCUT2D eigenvalue weighted by Crippen LogP contribution is 2.26. The summed E-state index contributed by atoms with van der Waals surface area (Å²) >= 11 is 11.8. The number of benzene rings is 2. The summed E-state index contributed by atoms with van der Waals surface area (Å²) in [6.07, 6.45) is 1.22. The van der Waals surface area contributed by atoms with Crippen LogP contribution in [0.3, 0.4) is 0 Å². The number of hydrogen-bond donors (Lipinski definition) is 0. The molecule has 0 spiro atoms. The van der Waals surface area contributed by atoms with Crippen LogP contribution in [0.2, 0.25) is 10.0 Å². The van der Waals surface area contributed by atoms with E-state index in [2.05, 4.69) is 13.8 Å². The first-order chi connectivity index (χ1) is 14.7. The number of halogens is 2. The average Bonchev–Trinajstić information content (AvgIpc) is 2.72. The lowest BCUT2D eigenvalue weighted by Gasteiger charge is -2.30. The van der Waals surface area contributed by atoms with Crippen molar-refractivity contribution in [1.82, 2.24) is 0 Å². The summed E-state index contributed by atoms with van der Waals surface area (Å²) in [6.45, 7) is 8.50. The molecule has 0 radical (unpaired) electrons. The van der Waals surface area contributed by atoms with E-state index in [0.717, 1.165) is 6.42 Å². The molecule has 0 saturated carbocycles. The van der Waals surface area contributed by atoms with Crippen LogP contribution in [0.5, 0.6) is 0 Å². The summed E-state index contributed by atoms with van der Waals surface area (Å²) in [6, 6.07) is 13.2. The van der Waals surface area contributed by atoms with Crippen molar-refractivity contribution >= 4 is 35.1 Å². The first-order valence-electron chi connectivity index (χ1n) is 10.6. The standard InChI is InChI=1S/C25H30Cl2O4/c1-16(2)5-14-23(31-25(29)19-8-12-21(27)13-9-19)22(17(3)4)15-30-24(28)18-6-10-20(26)11-7-18/h6-13,16-17,22-23H,5,14-15H2,1-4H3. The van der Waals surface area contributed by atoms with Gasteiger partial charge in [0.2, 0.25) is 0 Å². The van der Waals surface area contributed by atoms with Crippen LogP contribution in [-0.2, 0) is 9.47 Å². The molecule has 2 aromatic carbocycles. The molecular formula is C25H30Cl2O4. The molecule has 0 aromatic heterocycles. The molecule has 0 heterocycles. The van der Waals surface area contributed by atoms with Gasteiger partial charge in [-0.3, -0.25) is 0 Å². The number of hydrogen-bond acceptors (Lipinski definition) is 4. The summed E-state index contributed by atoms with van der Waals surface area (Å²) in [5.74, 6) is -0.352. The molecule has 2 aromatic rings. The Morgan fingerprint density at radius 1 is 0.774 bits per heavy atom. The third-order valence-electron chi connectivity index (χ3n) is 5.19. The molecule has 0 aliphatic heterocycles. The van der Waals surface area contributed by atoms with Gasteiger partial charge in [-0.1, -0.05) is 50.9 Å². The van der Waals surface area contributed by atoms with Crippen molar-refractivity contribution in [2.45, 2.75) is 46.6 Å². The summed E-state index contributed by atoms with van der Waals surface area (Å²) in [4.78, 5) is 25.2. The van der Waals surface area contributed by atoms with E-state index in [1.807, 2.05) is 13.8 Å². The van der Waals surface area contributed by atoms with Gasteiger partial charge >= 0.3 is 11.9 Å². The molecule has 0 bridgehead atoms. The zero-order chi connectivity index (χ0) is 23.0. The molecule has 0 N–H and O–H groups in total. The normalized spacial score (nSPS) is 13.2. The van der Waals surface area contributed by atoms with Gasteiger partial charge in [-0.05, 0) is 73.2 Å². The lowest BCUT2D eigenvalue weighted by Crippen LogP contribution is -2.35. The SMILES string of the molecule is CC(C)CCC(OC(=O)c1ccc(Cl)cc1)C(COC(=O)c1ccc(Cl)cc1)C(C)C. The van der Waals surface area contributed by atoms with Crippen LogP contribution in [0, 0.1) is 17.8 Å². The van der Waals surface area contributed by atoms with Crippen molar-refractivity contribution in [3.8, 4) is 0 Å². The largest absolute Gasteiger partial charge is 0.462 e. The van der Waals surface area contributed by atoms with E-state index >= 15 is 0 Å². The summed E-state index contributed by atoms with van der Waals surface area (Å²) in [7, 11) is 0. The van der Waals surface area contributed by atoms with Gasteiger partial charge in [0.25, 0.3) is 0 Å². The minimum atomic E-state index is -0.422. The van der Waals surface area contributed by atoms with Crippen molar-refractivity contribution in [2.24, 2.45) is 17.8 Å². The molecule has 168 valence electrons. The highest BCUT2D eigenvalue weighted by atomic mass is 35.5. The fourth-order valence-electron chi connectivity index (χ4n) is 3.22. The molecule has 0 fully saturated rings. The second-order valence-electron chi connectivity index (χ2n) is 8.44. The molecule has 6 heteroatoms. The third-order valence-corrected chi connectivity index (χ3v) is 5.69. The van der Waals surface area contributed by atoms with E-state index in [4.69, 9.17) is 32.7 Å². The average molecular weight is 465 g/mol. The van der Waals surface area contributed by atoms with Crippen molar-refractivity contribution < 1.29 is 19.1 Å². The Balaban J connectivity index is 2.12. The van der Waals surface area contributed by atoms with Gasteiger partial charge in [0.05, 0.1) is 17.7 Å². The predicted molar refractivity (Wildman–Crippen MR) is 125 cm³/mol. The van der Waals surface area contributed by atoms with Gasteiger partial charge in [0.15, 0.2) is 0 Å². The Morgan fingerprint density at radius 2 is 1.26 bits per heavy atom. The monoisotopic (exact) mass is 464 g/mol. The second-order valence-corrected chi connectivity index (χ2v) is 9.31. The van der Waals surface area contributed by atoms with E-state index in [1.54, 1.807) is 48.5 Å². The quantitative estimate of drug-likeness (QED) is 0.352. The van der Waals surface area contributed by atoms with Gasteiger partial charge in [0.1, 0.15) is 6.10 Å². The highest BCUT2D eigenvalue weighted by Gasteiger charge is 2.30. The fourth-order valence-corrected chi connectivity index (χ4v) is 3.47. The van der Waals surface area contributed by atoms with Crippen LogP contribution in [0.1, 0.15) is 61.3 Å². The van der Waals surface area contributed by atoms with Crippen LogP contribution >= 0.6 is 23.2 Å². The topological polar surface area (TPSA) is 52.6 Å². The smallest absolute Gasteiger partial charge is 0.338 e. The van der Waals surface area contributed by atoms with Crippen LogP contribution in [0.4, 0.5) is 0 Å². The van der Waals surface area contributed by atoms with E-state index in [0.29, 0.717) is 33.5 Å². The Hall–Kier alpha value is -2.04. The number of carbonyl (C=O) groups excluding carboxylic acids is 2. The minimum Gasteiger partial charge on any atom is -0.462 e. The molecular weight excluding hydrogens is 435 g/mol. The highest BCUT2D eigenvalue weighted by molar-refractivity contribution is 6.30. The van der Waals surface area contributed by atoms with E-state index < -0.39 is 11.9 Å². The van der Waals surface area contributed by atoms with Gasteiger partial charge in [-0.25, -0.2) is 9.59 Å². The Labute approximate surface area is 194 Å². The maximum Gasteiger partial charge on any atom is 0.338 e. The molecule has 2 rings (SSSR count). The maximum atomic E-state index is 12.7. The minimum absolute atomic E-state index is 0.133. The molecule has 0 aliphatic carbocycles. The molecule has 0 aliphatic rings. The lowest BCUT2D eigenvalue weighted by atomic mass is 9.87. The molecule has 31 heavy (non-hydrogen) atoms. The Kier molecular flexibility index (Phi) is 9.86. The number of ether oxygens (including phenoxy) is 2. The first kappa shape index (κ1) is 25.2. The fraction of sp³-hybridized carbons (Fsp3) is 0.440. The van der Waals surface area contributed by atoms with Crippen LogP contribution in [0.25, 0.3) is 0 Å². The van der Waals surface area contributed by atoms with Crippen molar-refractivity contribution in [3.05, 3.63) is 69.7 Å². The van der Waals surface area contributed by atoms with E-state index in [1.165, 1.54) is 0 Å². The zero-order valence-electron chi connectivity index (χ0n) is 18.4.